The Bertz CT molecular complexity index is 775. The zero-order chi connectivity index (χ0) is 19.8. The standard InChI is InChI=1S/C21H24ClN3O3/c22-18-8-6-17(7-9-18)21(27)23-16-20(26)25-12-10-24(11-13-25)14-15-28-19-4-2-1-3-5-19/h1-9H,10-16H2,(H,23,27). The topological polar surface area (TPSA) is 61.9 Å². The van der Waals surface area contributed by atoms with Crippen LogP contribution >= 0.6 is 11.6 Å². The summed E-state index contributed by atoms with van der Waals surface area (Å²) in [5.74, 6) is 0.525. The van der Waals surface area contributed by atoms with Crippen LogP contribution in [0, 0.1) is 0 Å². The van der Waals surface area contributed by atoms with E-state index < -0.39 is 0 Å². The van der Waals surface area contributed by atoms with Gasteiger partial charge in [0.2, 0.25) is 5.91 Å². The monoisotopic (exact) mass is 401 g/mol. The molecule has 1 fully saturated rings. The van der Waals surface area contributed by atoms with Crippen molar-refractivity contribution >= 4 is 23.4 Å². The third kappa shape index (κ3) is 5.97. The Morgan fingerprint density at radius 2 is 1.64 bits per heavy atom. The summed E-state index contributed by atoms with van der Waals surface area (Å²) in [5.41, 5.74) is 0.487. The van der Waals surface area contributed by atoms with Crippen LogP contribution in [0.2, 0.25) is 5.02 Å². The molecular weight excluding hydrogens is 378 g/mol. The molecule has 0 saturated carbocycles. The van der Waals surface area contributed by atoms with Gasteiger partial charge in [0.1, 0.15) is 12.4 Å². The lowest BCUT2D eigenvalue weighted by Crippen LogP contribution is -2.51. The predicted octanol–water partition coefficient (Wildman–Crippen LogP) is 2.29. The number of hydrogen-bond acceptors (Lipinski definition) is 4. The second-order valence-electron chi connectivity index (χ2n) is 6.57. The number of ether oxygens (including phenoxy) is 1. The van der Waals surface area contributed by atoms with Gasteiger partial charge in [0.05, 0.1) is 6.54 Å². The summed E-state index contributed by atoms with van der Waals surface area (Å²) >= 11 is 5.82. The third-order valence-electron chi connectivity index (χ3n) is 4.65. The maximum Gasteiger partial charge on any atom is 0.251 e. The molecule has 7 heteroatoms. The summed E-state index contributed by atoms with van der Waals surface area (Å²) in [5, 5.41) is 3.24. The van der Waals surface area contributed by atoms with Crippen molar-refractivity contribution in [3.63, 3.8) is 0 Å². The van der Waals surface area contributed by atoms with Gasteiger partial charge in [0, 0.05) is 43.3 Å². The van der Waals surface area contributed by atoms with Gasteiger partial charge in [-0.15, -0.1) is 0 Å². The van der Waals surface area contributed by atoms with Gasteiger partial charge in [-0.3, -0.25) is 14.5 Å². The second-order valence-corrected chi connectivity index (χ2v) is 7.01. The van der Waals surface area contributed by atoms with E-state index in [1.165, 1.54) is 0 Å². The van der Waals surface area contributed by atoms with Crippen LogP contribution in [0.5, 0.6) is 5.75 Å². The van der Waals surface area contributed by atoms with E-state index in [2.05, 4.69) is 10.2 Å². The average Bonchev–Trinajstić information content (AvgIpc) is 2.73. The van der Waals surface area contributed by atoms with Gasteiger partial charge in [0.15, 0.2) is 0 Å². The summed E-state index contributed by atoms with van der Waals surface area (Å²) in [4.78, 5) is 28.5. The van der Waals surface area contributed by atoms with E-state index in [9.17, 15) is 9.59 Å². The van der Waals surface area contributed by atoms with Gasteiger partial charge < -0.3 is 15.0 Å². The normalized spacial score (nSPS) is 14.5. The van der Waals surface area contributed by atoms with Crippen molar-refractivity contribution in [2.24, 2.45) is 0 Å². The van der Waals surface area contributed by atoms with E-state index in [-0.39, 0.29) is 18.4 Å². The molecule has 3 rings (SSSR count). The van der Waals surface area contributed by atoms with Gasteiger partial charge in [-0.25, -0.2) is 0 Å². The van der Waals surface area contributed by atoms with E-state index >= 15 is 0 Å². The average molecular weight is 402 g/mol. The summed E-state index contributed by atoms with van der Waals surface area (Å²) in [6.45, 7) is 4.35. The summed E-state index contributed by atoms with van der Waals surface area (Å²) in [7, 11) is 0. The number of piperazine rings is 1. The predicted molar refractivity (Wildman–Crippen MR) is 109 cm³/mol. The van der Waals surface area contributed by atoms with Crippen LogP contribution in [0.4, 0.5) is 0 Å². The maximum absolute atomic E-state index is 12.3. The van der Waals surface area contributed by atoms with Gasteiger partial charge >= 0.3 is 0 Å². The maximum atomic E-state index is 12.3. The summed E-state index contributed by atoms with van der Waals surface area (Å²) < 4.78 is 5.72. The fourth-order valence-electron chi connectivity index (χ4n) is 3.00. The molecule has 1 aliphatic heterocycles. The highest BCUT2D eigenvalue weighted by atomic mass is 35.5. The summed E-state index contributed by atoms with van der Waals surface area (Å²) in [6.07, 6.45) is 0. The van der Waals surface area contributed by atoms with Crippen LogP contribution in [0.25, 0.3) is 0 Å². The molecule has 0 atom stereocenters. The molecular formula is C21H24ClN3O3. The van der Waals surface area contributed by atoms with Crippen LogP contribution < -0.4 is 10.1 Å². The quantitative estimate of drug-likeness (QED) is 0.773. The number of hydrogen-bond donors (Lipinski definition) is 1. The fraction of sp³-hybridized carbons (Fsp3) is 0.333. The van der Waals surface area contributed by atoms with Crippen molar-refractivity contribution in [2.75, 3.05) is 45.9 Å². The molecule has 0 aliphatic carbocycles. The minimum atomic E-state index is -0.276. The number of benzene rings is 2. The minimum Gasteiger partial charge on any atom is -0.492 e. The number of halogens is 1. The fourth-order valence-corrected chi connectivity index (χ4v) is 3.13. The van der Waals surface area contributed by atoms with Crippen molar-refractivity contribution in [1.29, 1.82) is 0 Å². The van der Waals surface area contributed by atoms with Crippen molar-refractivity contribution in [1.82, 2.24) is 15.1 Å². The first kappa shape index (κ1) is 20.2. The van der Waals surface area contributed by atoms with Crippen LogP contribution in [0.1, 0.15) is 10.4 Å². The van der Waals surface area contributed by atoms with Crippen molar-refractivity contribution < 1.29 is 14.3 Å². The van der Waals surface area contributed by atoms with E-state index in [4.69, 9.17) is 16.3 Å². The molecule has 0 bridgehead atoms. The van der Waals surface area contributed by atoms with E-state index in [0.717, 1.165) is 25.4 Å². The summed E-state index contributed by atoms with van der Waals surface area (Å²) in [6, 6.07) is 16.3. The van der Waals surface area contributed by atoms with Crippen LogP contribution in [0.3, 0.4) is 0 Å². The molecule has 0 aromatic heterocycles. The van der Waals surface area contributed by atoms with Gasteiger partial charge in [-0.05, 0) is 36.4 Å². The lowest BCUT2D eigenvalue weighted by molar-refractivity contribution is -0.131. The van der Waals surface area contributed by atoms with Gasteiger partial charge in [0.25, 0.3) is 5.91 Å². The number of para-hydroxylation sites is 1. The van der Waals surface area contributed by atoms with Gasteiger partial charge in [-0.1, -0.05) is 29.8 Å². The molecule has 6 nitrogen and oxygen atoms in total. The lowest BCUT2D eigenvalue weighted by Gasteiger charge is -2.34. The third-order valence-corrected chi connectivity index (χ3v) is 4.90. The molecule has 1 saturated heterocycles. The van der Waals surface area contributed by atoms with Crippen LogP contribution in [-0.2, 0) is 4.79 Å². The van der Waals surface area contributed by atoms with E-state index in [1.54, 1.807) is 29.2 Å². The molecule has 148 valence electrons. The highest BCUT2D eigenvalue weighted by Crippen LogP contribution is 2.10. The lowest BCUT2D eigenvalue weighted by atomic mass is 10.2. The largest absolute Gasteiger partial charge is 0.492 e. The highest BCUT2D eigenvalue weighted by molar-refractivity contribution is 6.30. The smallest absolute Gasteiger partial charge is 0.251 e. The van der Waals surface area contributed by atoms with Crippen molar-refractivity contribution in [3.05, 3.63) is 65.2 Å². The van der Waals surface area contributed by atoms with Gasteiger partial charge in [-0.2, -0.15) is 0 Å². The van der Waals surface area contributed by atoms with E-state index in [1.807, 2.05) is 30.3 Å². The van der Waals surface area contributed by atoms with E-state index in [0.29, 0.717) is 30.3 Å². The number of amides is 2. The Morgan fingerprint density at radius 1 is 0.964 bits per heavy atom. The highest BCUT2D eigenvalue weighted by Gasteiger charge is 2.21. The first-order valence-corrected chi connectivity index (χ1v) is 9.71. The van der Waals surface area contributed by atoms with Crippen molar-refractivity contribution in [2.45, 2.75) is 0 Å². The Labute approximate surface area is 170 Å². The number of nitrogens with one attached hydrogen (secondary N) is 1. The molecule has 0 unspecified atom stereocenters. The number of carbonyl (C=O) groups excluding carboxylic acids is 2. The zero-order valence-corrected chi connectivity index (χ0v) is 16.4. The molecule has 1 N–H and O–H groups in total. The zero-order valence-electron chi connectivity index (χ0n) is 15.6. The Hall–Kier alpha value is -2.57. The number of carbonyl (C=O) groups is 2. The molecule has 1 aliphatic rings. The first-order valence-electron chi connectivity index (χ1n) is 9.33. The Balaban J connectivity index is 1.34. The molecule has 2 amide bonds. The minimum absolute atomic E-state index is 0.00141. The number of rotatable bonds is 7. The molecule has 1 heterocycles. The van der Waals surface area contributed by atoms with Crippen LogP contribution in [-0.4, -0.2) is 67.5 Å². The Morgan fingerprint density at radius 3 is 2.32 bits per heavy atom. The molecule has 0 radical (unpaired) electrons. The second kappa shape index (κ2) is 10.1. The Kier molecular flexibility index (Phi) is 7.28. The van der Waals surface area contributed by atoms with Crippen molar-refractivity contribution in [3.8, 4) is 5.75 Å². The molecule has 2 aromatic carbocycles. The molecule has 0 spiro atoms. The first-order chi connectivity index (χ1) is 13.6. The SMILES string of the molecule is O=C(NCC(=O)N1CCN(CCOc2ccccc2)CC1)c1ccc(Cl)cc1. The molecule has 2 aromatic rings. The molecule has 28 heavy (non-hydrogen) atoms. The number of nitrogens with zero attached hydrogens (tertiary/aromatic N) is 2. The van der Waals surface area contributed by atoms with Crippen LogP contribution in [0.15, 0.2) is 54.6 Å².